The third-order valence-electron chi connectivity index (χ3n) is 0. The molecule has 5 heavy (non-hydrogen) atoms. The van der Waals surface area contributed by atoms with Gasteiger partial charge >= 0.3 is 49.9 Å². The minimum atomic E-state index is -1.08. The molecule has 0 aliphatic heterocycles. The summed E-state index contributed by atoms with van der Waals surface area (Å²) < 4.78 is 0. The number of carbonyl (C=O) groups excluding carboxylic acids is 1. The zero-order valence-electron chi connectivity index (χ0n) is 3.32. The van der Waals surface area contributed by atoms with Crippen LogP contribution in [-0.2, 0) is 4.79 Å². The molecule has 0 fully saturated rings. The molecule has 0 N–H and O–H groups in total. The van der Waals surface area contributed by atoms with Gasteiger partial charge in [-0.15, -0.1) is 0 Å². The molecule has 0 rings (SSSR count). The summed E-state index contributed by atoms with van der Waals surface area (Å²) in [4.78, 5) is 8.89. The number of hydrogen-bond donors (Lipinski definition) is 0. The first-order chi connectivity index (χ1) is 1.73. The maximum Gasteiger partial charge on any atom is 1.00 e. The van der Waals surface area contributed by atoms with E-state index in [-0.39, 0.29) is 49.9 Å². The van der Waals surface area contributed by atoms with Crippen LogP contribution in [0.1, 0.15) is 6.92 Å². The number of rotatable bonds is 0. The van der Waals surface area contributed by atoms with E-state index in [4.69, 9.17) is 9.90 Å². The van der Waals surface area contributed by atoms with Crippen molar-refractivity contribution in [3.8, 4) is 0 Å². The van der Waals surface area contributed by atoms with Crippen molar-refractivity contribution in [1.29, 1.82) is 0 Å². The summed E-state index contributed by atoms with van der Waals surface area (Å²) in [6.07, 6.45) is 0. The van der Waals surface area contributed by atoms with Gasteiger partial charge in [-0.3, -0.25) is 0 Å². The van der Waals surface area contributed by atoms with Crippen LogP contribution in [0.2, 0.25) is 0 Å². The molecule has 0 radical (unpaired) electrons. The van der Waals surface area contributed by atoms with Gasteiger partial charge in [0.25, 0.3) is 0 Å². The zero-order chi connectivity index (χ0) is 3.58. The van der Waals surface area contributed by atoms with Crippen molar-refractivity contribution in [3.63, 3.8) is 0 Å². The van der Waals surface area contributed by atoms with Crippen LogP contribution >= 0.6 is 0 Å². The first-order valence-corrected chi connectivity index (χ1v) is 0.908. The quantitative estimate of drug-likeness (QED) is 0.557. The van der Waals surface area contributed by atoms with Gasteiger partial charge in [-0.2, -0.15) is 0 Å². The average molecular weight is 282 g/mol. The van der Waals surface area contributed by atoms with Gasteiger partial charge in [0.05, 0.1) is 0 Å². The van der Waals surface area contributed by atoms with E-state index in [1.165, 1.54) is 0 Å². The van der Waals surface area contributed by atoms with Crippen molar-refractivity contribution >= 4 is 5.97 Å². The largest absolute Gasteiger partial charge is 1.00 e. The smallest absolute Gasteiger partial charge is 0.550 e. The standard InChI is InChI=1S/C2H4O2.Fr/c1-2(3)4;/h1H3,(H,3,4);/q;+1/p-1. The van der Waals surface area contributed by atoms with Gasteiger partial charge in [-0.25, -0.2) is 0 Å². The van der Waals surface area contributed by atoms with Crippen molar-refractivity contribution < 1.29 is 59.8 Å². The van der Waals surface area contributed by atoms with E-state index >= 15 is 0 Å². The fraction of sp³-hybridized carbons (Fsp3) is 0.500. The van der Waals surface area contributed by atoms with Crippen molar-refractivity contribution in [3.05, 3.63) is 0 Å². The molecule has 0 amide bonds. The Kier molecular flexibility index (Phi) is 9.54. The number of carbonyl (C=O) groups is 1. The SMILES string of the molecule is CC(=O)[O-].[Fr+]. The fourth-order valence-corrected chi connectivity index (χ4v) is 0. The summed E-state index contributed by atoms with van der Waals surface area (Å²) in [5, 5.41) is 8.89. The van der Waals surface area contributed by atoms with Gasteiger partial charge in [0.1, 0.15) is 0 Å². The molecule has 0 spiro atoms. The summed E-state index contributed by atoms with van der Waals surface area (Å²) in [6, 6.07) is 0. The van der Waals surface area contributed by atoms with Gasteiger partial charge in [0.2, 0.25) is 0 Å². The van der Waals surface area contributed by atoms with Gasteiger partial charge in [0.15, 0.2) is 0 Å². The predicted molar refractivity (Wildman–Crippen MR) is 10.7 cm³/mol. The molecule has 0 aromatic heterocycles. The van der Waals surface area contributed by atoms with Crippen LogP contribution in [0.3, 0.4) is 0 Å². The monoisotopic (exact) mass is 282 g/mol. The molecule has 3 heteroatoms. The van der Waals surface area contributed by atoms with Crippen LogP contribution in [0.5, 0.6) is 0 Å². The van der Waals surface area contributed by atoms with Gasteiger partial charge in [-0.05, 0) is 6.92 Å². The maximum absolute atomic E-state index is 8.89. The third kappa shape index (κ3) is 41.8. The molecule has 0 aromatic carbocycles. The Bertz CT molecular complexity index is 30.6. The fourth-order valence-electron chi connectivity index (χ4n) is 0. The Hall–Kier alpha value is 1.07. The number of carboxylic acid groups (broad SMARTS) is 1. The van der Waals surface area contributed by atoms with Crippen molar-refractivity contribution in [2.45, 2.75) is 6.92 Å². The van der Waals surface area contributed by atoms with Crippen molar-refractivity contribution in [2.24, 2.45) is 0 Å². The number of carboxylic acids is 1. The summed E-state index contributed by atoms with van der Waals surface area (Å²) in [7, 11) is 0. The molecule has 0 saturated carbocycles. The molecular weight excluding hydrogens is 279 g/mol. The second-order valence-corrected chi connectivity index (χ2v) is 0.492. The van der Waals surface area contributed by atoms with Crippen LogP contribution in [0, 0.1) is 49.9 Å². The molecule has 0 bridgehead atoms. The second kappa shape index (κ2) is 5.07. The summed E-state index contributed by atoms with van der Waals surface area (Å²) in [5.41, 5.74) is 0. The van der Waals surface area contributed by atoms with Crippen LogP contribution in [0.25, 0.3) is 0 Å². The Balaban J connectivity index is 0. The van der Waals surface area contributed by atoms with E-state index in [9.17, 15) is 0 Å². The number of aliphatic carboxylic acids is 1. The van der Waals surface area contributed by atoms with Gasteiger partial charge < -0.3 is 9.90 Å². The first-order valence-electron chi connectivity index (χ1n) is 0.908. The van der Waals surface area contributed by atoms with E-state index in [0.717, 1.165) is 6.92 Å². The summed E-state index contributed by atoms with van der Waals surface area (Å²) >= 11 is 0. The minimum absolute atomic E-state index is 0. The van der Waals surface area contributed by atoms with Crippen LogP contribution < -0.4 is 5.11 Å². The van der Waals surface area contributed by atoms with E-state index in [2.05, 4.69) is 0 Å². The molecule has 24 valence electrons. The van der Waals surface area contributed by atoms with E-state index in [1.54, 1.807) is 0 Å². The number of hydrogen-bond acceptors (Lipinski definition) is 2. The topological polar surface area (TPSA) is 40.1 Å². The zero-order valence-corrected chi connectivity index (χ0v) is 11.5. The average Bonchev–Trinajstić information content (AvgIpc) is 0.811. The molecule has 0 aliphatic carbocycles. The Morgan fingerprint density at radius 1 is 1.80 bits per heavy atom. The first kappa shape index (κ1) is 9.42. The normalized spacial score (nSPS) is 5.00. The summed E-state index contributed by atoms with van der Waals surface area (Å²) in [6.45, 7) is 0.972. The van der Waals surface area contributed by atoms with E-state index in [0.29, 0.717) is 0 Å². The molecule has 0 aromatic rings. The van der Waals surface area contributed by atoms with Gasteiger partial charge in [-0.1, -0.05) is 0 Å². The Labute approximate surface area is 71.6 Å². The molecule has 0 aliphatic rings. The molecular formula is C2H3FrO2. The molecule has 0 atom stereocenters. The van der Waals surface area contributed by atoms with Crippen LogP contribution in [-0.4, -0.2) is 5.97 Å². The second-order valence-electron chi connectivity index (χ2n) is 0.492. The molecule has 0 saturated heterocycles. The maximum atomic E-state index is 8.89. The van der Waals surface area contributed by atoms with Crippen molar-refractivity contribution in [2.75, 3.05) is 0 Å². The van der Waals surface area contributed by atoms with Crippen LogP contribution in [0.15, 0.2) is 0 Å². The summed E-state index contributed by atoms with van der Waals surface area (Å²) in [5.74, 6) is -1.08. The van der Waals surface area contributed by atoms with Crippen LogP contribution in [0.4, 0.5) is 0 Å². The van der Waals surface area contributed by atoms with Crippen molar-refractivity contribution in [1.82, 2.24) is 0 Å². The minimum Gasteiger partial charge on any atom is -0.550 e. The molecule has 0 heterocycles. The Morgan fingerprint density at radius 2 is 1.80 bits per heavy atom. The Morgan fingerprint density at radius 3 is 1.80 bits per heavy atom. The van der Waals surface area contributed by atoms with Gasteiger partial charge in [0, 0.05) is 5.97 Å². The van der Waals surface area contributed by atoms with E-state index < -0.39 is 5.97 Å². The molecule has 2 nitrogen and oxygen atoms in total. The van der Waals surface area contributed by atoms with E-state index in [1.807, 2.05) is 0 Å². The predicted octanol–water partition coefficient (Wildman–Crippen LogP) is -1.24. The molecule has 0 unspecified atom stereocenters. The third-order valence-corrected chi connectivity index (χ3v) is 0.